The number of benzene rings is 1. The van der Waals surface area contributed by atoms with E-state index >= 15 is 0 Å². The standard InChI is InChI=1S/C11H14N4O3/c1-16-8-4-7(15-6-13-11(12)14-15)5-9(17-2)10(8)18-3/h4-6H,1-3H3,(H2,12,14). The van der Waals surface area contributed by atoms with Gasteiger partial charge in [0, 0.05) is 12.1 Å². The molecule has 0 unspecified atom stereocenters. The lowest BCUT2D eigenvalue weighted by atomic mass is 10.2. The van der Waals surface area contributed by atoms with Crippen molar-refractivity contribution in [2.24, 2.45) is 0 Å². The second-order valence-electron chi connectivity index (χ2n) is 3.43. The Morgan fingerprint density at radius 2 is 1.67 bits per heavy atom. The van der Waals surface area contributed by atoms with Crippen LogP contribution in [0.15, 0.2) is 18.5 Å². The molecule has 2 N–H and O–H groups in total. The average Bonchev–Trinajstić information content (AvgIpc) is 2.83. The molecule has 0 saturated heterocycles. The molecule has 18 heavy (non-hydrogen) atoms. The summed E-state index contributed by atoms with van der Waals surface area (Å²) in [6.45, 7) is 0. The van der Waals surface area contributed by atoms with E-state index in [-0.39, 0.29) is 5.95 Å². The Morgan fingerprint density at radius 1 is 1.06 bits per heavy atom. The largest absolute Gasteiger partial charge is 0.493 e. The maximum atomic E-state index is 5.48. The first-order valence-corrected chi connectivity index (χ1v) is 5.17. The number of rotatable bonds is 4. The van der Waals surface area contributed by atoms with Gasteiger partial charge in [-0.2, -0.15) is 0 Å². The minimum absolute atomic E-state index is 0.198. The van der Waals surface area contributed by atoms with E-state index < -0.39 is 0 Å². The van der Waals surface area contributed by atoms with Gasteiger partial charge >= 0.3 is 0 Å². The molecule has 0 bridgehead atoms. The number of aromatic nitrogens is 3. The average molecular weight is 250 g/mol. The Bertz CT molecular complexity index is 528. The number of ether oxygens (including phenoxy) is 3. The molecule has 0 aliphatic heterocycles. The summed E-state index contributed by atoms with van der Waals surface area (Å²) in [6.07, 6.45) is 1.51. The number of hydrogen-bond acceptors (Lipinski definition) is 6. The van der Waals surface area contributed by atoms with E-state index in [2.05, 4.69) is 10.1 Å². The van der Waals surface area contributed by atoms with E-state index in [1.54, 1.807) is 33.5 Å². The van der Waals surface area contributed by atoms with Crippen LogP contribution in [0.3, 0.4) is 0 Å². The number of nitrogens with zero attached hydrogens (tertiary/aromatic N) is 3. The van der Waals surface area contributed by atoms with Crippen LogP contribution < -0.4 is 19.9 Å². The van der Waals surface area contributed by atoms with Gasteiger partial charge in [0.2, 0.25) is 11.7 Å². The third-order valence-electron chi connectivity index (χ3n) is 2.42. The summed E-state index contributed by atoms with van der Waals surface area (Å²) < 4.78 is 17.3. The lowest BCUT2D eigenvalue weighted by Crippen LogP contribution is -2.00. The fourth-order valence-electron chi connectivity index (χ4n) is 1.60. The van der Waals surface area contributed by atoms with Crippen molar-refractivity contribution in [2.75, 3.05) is 27.1 Å². The van der Waals surface area contributed by atoms with Gasteiger partial charge in [0.05, 0.1) is 27.0 Å². The van der Waals surface area contributed by atoms with Crippen molar-refractivity contribution in [3.05, 3.63) is 18.5 Å². The number of hydrogen-bond donors (Lipinski definition) is 1. The zero-order valence-electron chi connectivity index (χ0n) is 10.4. The molecular formula is C11H14N4O3. The van der Waals surface area contributed by atoms with Gasteiger partial charge in [-0.15, -0.1) is 5.10 Å². The maximum Gasteiger partial charge on any atom is 0.239 e. The zero-order valence-corrected chi connectivity index (χ0v) is 10.4. The van der Waals surface area contributed by atoms with E-state index in [9.17, 15) is 0 Å². The highest BCUT2D eigenvalue weighted by atomic mass is 16.5. The van der Waals surface area contributed by atoms with Crippen LogP contribution in [0.25, 0.3) is 5.69 Å². The Kier molecular flexibility index (Phi) is 3.22. The van der Waals surface area contributed by atoms with E-state index in [0.29, 0.717) is 22.9 Å². The molecule has 0 spiro atoms. The lowest BCUT2D eigenvalue weighted by Gasteiger charge is -2.13. The van der Waals surface area contributed by atoms with Crippen molar-refractivity contribution in [1.29, 1.82) is 0 Å². The van der Waals surface area contributed by atoms with Crippen molar-refractivity contribution < 1.29 is 14.2 Å². The van der Waals surface area contributed by atoms with E-state index in [1.807, 2.05) is 0 Å². The van der Waals surface area contributed by atoms with Crippen LogP contribution in [0.5, 0.6) is 17.2 Å². The Labute approximate surface area is 104 Å². The zero-order chi connectivity index (χ0) is 13.1. The van der Waals surface area contributed by atoms with Crippen molar-refractivity contribution >= 4 is 5.95 Å². The second kappa shape index (κ2) is 4.82. The molecule has 1 aromatic carbocycles. The molecule has 0 aliphatic rings. The lowest BCUT2D eigenvalue weighted by molar-refractivity contribution is 0.324. The maximum absolute atomic E-state index is 5.48. The summed E-state index contributed by atoms with van der Waals surface area (Å²) in [7, 11) is 4.65. The van der Waals surface area contributed by atoms with Gasteiger partial charge in [0.25, 0.3) is 0 Å². The molecule has 1 aromatic heterocycles. The summed E-state index contributed by atoms with van der Waals surface area (Å²) >= 11 is 0. The fourth-order valence-corrected chi connectivity index (χ4v) is 1.60. The molecule has 7 heteroatoms. The summed E-state index contributed by atoms with van der Waals surface area (Å²) in [5.74, 6) is 1.81. The molecule has 2 aromatic rings. The van der Waals surface area contributed by atoms with Crippen molar-refractivity contribution in [2.45, 2.75) is 0 Å². The molecular weight excluding hydrogens is 236 g/mol. The van der Waals surface area contributed by atoms with Gasteiger partial charge in [-0.25, -0.2) is 9.67 Å². The molecule has 0 radical (unpaired) electrons. The number of methoxy groups -OCH3 is 3. The van der Waals surface area contributed by atoms with E-state index in [1.165, 1.54) is 11.0 Å². The first kappa shape index (κ1) is 12.0. The van der Waals surface area contributed by atoms with Crippen LogP contribution >= 0.6 is 0 Å². The third kappa shape index (κ3) is 2.02. The van der Waals surface area contributed by atoms with Gasteiger partial charge in [0.15, 0.2) is 11.5 Å². The molecule has 0 saturated carbocycles. The summed E-state index contributed by atoms with van der Waals surface area (Å²) in [5, 5.41) is 4.02. The molecule has 0 aliphatic carbocycles. The van der Waals surface area contributed by atoms with Crippen LogP contribution in [-0.4, -0.2) is 36.1 Å². The molecule has 1 heterocycles. The van der Waals surface area contributed by atoms with Gasteiger partial charge in [-0.3, -0.25) is 0 Å². The van der Waals surface area contributed by atoms with Crippen LogP contribution in [-0.2, 0) is 0 Å². The predicted octanol–water partition coefficient (Wildman–Crippen LogP) is 0.875. The third-order valence-corrected chi connectivity index (χ3v) is 2.42. The molecule has 0 amide bonds. The van der Waals surface area contributed by atoms with Gasteiger partial charge in [0.1, 0.15) is 6.33 Å². The highest BCUT2D eigenvalue weighted by molar-refractivity contribution is 5.58. The Morgan fingerprint density at radius 3 is 2.06 bits per heavy atom. The fraction of sp³-hybridized carbons (Fsp3) is 0.273. The van der Waals surface area contributed by atoms with E-state index in [0.717, 1.165) is 0 Å². The summed E-state index contributed by atoms with van der Waals surface area (Å²) in [4.78, 5) is 3.86. The normalized spacial score (nSPS) is 10.2. The molecule has 0 atom stereocenters. The Hall–Kier alpha value is -2.44. The summed E-state index contributed by atoms with van der Waals surface area (Å²) in [5.41, 5.74) is 6.20. The second-order valence-corrected chi connectivity index (χ2v) is 3.43. The Balaban J connectivity index is 2.56. The predicted molar refractivity (Wildman–Crippen MR) is 65.4 cm³/mol. The van der Waals surface area contributed by atoms with Crippen molar-refractivity contribution in [3.8, 4) is 22.9 Å². The van der Waals surface area contributed by atoms with Gasteiger partial charge in [-0.05, 0) is 0 Å². The summed E-state index contributed by atoms with van der Waals surface area (Å²) in [6, 6.07) is 3.52. The number of nitrogens with two attached hydrogens (primary N) is 1. The van der Waals surface area contributed by atoms with Crippen LogP contribution in [0, 0.1) is 0 Å². The number of anilines is 1. The first-order chi connectivity index (χ1) is 8.69. The SMILES string of the molecule is COc1cc(-n2cnc(N)n2)cc(OC)c1OC. The highest BCUT2D eigenvalue weighted by Gasteiger charge is 2.14. The first-order valence-electron chi connectivity index (χ1n) is 5.17. The topological polar surface area (TPSA) is 84.4 Å². The monoisotopic (exact) mass is 250 g/mol. The molecule has 0 fully saturated rings. The van der Waals surface area contributed by atoms with Crippen LogP contribution in [0.4, 0.5) is 5.95 Å². The van der Waals surface area contributed by atoms with Gasteiger partial charge < -0.3 is 19.9 Å². The van der Waals surface area contributed by atoms with Gasteiger partial charge in [-0.1, -0.05) is 0 Å². The number of nitrogen functional groups attached to an aromatic ring is 1. The minimum Gasteiger partial charge on any atom is -0.493 e. The smallest absolute Gasteiger partial charge is 0.239 e. The minimum atomic E-state index is 0.198. The van der Waals surface area contributed by atoms with Crippen LogP contribution in [0.2, 0.25) is 0 Å². The van der Waals surface area contributed by atoms with Crippen molar-refractivity contribution in [3.63, 3.8) is 0 Å². The molecule has 96 valence electrons. The highest BCUT2D eigenvalue weighted by Crippen LogP contribution is 2.39. The van der Waals surface area contributed by atoms with E-state index in [4.69, 9.17) is 19.9 Å². The van der Waals surface area contributed by atoms with Crippen LogP contribution in [0.1, 0.15) is 0 Å². The van der Waals surface area contributed by atoms with Crippen molar-refractivity contribution in [1.82, 2.24) is 14.8 Å². The molecule has 7 nitrogen and oxygen atoms in total. The quantitative estimate of drug-likeness (QED) is 0.866. The molecule has 2 rings (SSSR count).